The van der Waals surface area contributed by atoms with E-state index in [4.69, 9.17) is 10.5 Å². The van der Waals surface area contributed by atoms with E-state index in [9.17, 15) is 4.79 Å². The van der Waals surface area contributed by atoms with Crippen molar-refractivity contribution in [3.8, 4) is 5.75 Å². The Balaban J connectivity index is 2.33. The van der Waals surface area contributed by atoms with Gasteiger partial charge < -0.3 is 19.9 Å². The van der Waals surface area contributed by atoms with Crippen LogP contribution in [0.3, 0.4) is 0 Å². The van der Waals surface area contributed by atoms with Crippen molar-refractivity contribution in [3.63, 3.8) is 0 Å². The quantitative estimate of drug-likeness (QED) is 0.895. The number of aryl methyl sites for hydroxylation is 1. The molecule has 0 aliphatic heterocycles. The van der Waals surface area contributed by atoms with Crippen LogP contribution in [0.15, 0.2) is 18.2 Å². The molecule has 1 heterocycles. The number of rotatable bonds is 4. The summed E-state index contributed by atoms with van der Waals surface area (Å²) in [6, 6.07) is 5.64. The minimum Gasteiger partial charge on any atom is -0.494 e. The molecule has 1 aromatic heterocycles. The lowest BCUT2D eigenvalue weighted by atomic mass is 10.3. The van der Waals surface area contributed by atoms with Crippen molar-refractivity contribution >= 4 is 22.9 Å². The first-order chi connectivity index (χ1) is 9.04. The molecule has 2 N–H and O–H groups in total. The number of aromatic nitrogens is 2. The average Bonchev–Trinajstić information content (AvgIpc) is 2.71. The Morgan fingerprint density at radius 2 is 2.21 bits per heavy atom. The summed E-state index contributed by atoms with van der Waals surface area (Å²) < 4.78 is 7.09. The number of anilines is 1. The normalized spacial score (nSPS) is 10.7. The summed E-state index contributed by atoms with van der Waals surface area (Å²) in [5.41, 5.74) is 7.51. The van der Waals surface area contributed by atoms with Gasteiger partial charge in [0, 0.05) is 27.1 Å². The van der Waals surface area contributed by atoms with Crippen LogP contribution in [0.2, 0.25) is 0 Å². The van der Waals surface area contributed by atoms with Gasteiger partial charge in [-0.25, -0.2) is 4.98 Å². The van der Waals surface area contributed by atoms with Crippen LogP contribution in [0.5, 0.6) is 5.75 Å². The zero-order valence-electron chi connectivity index (χ0n) is 11.4. The molecule has 6 nitrogen and oxygen atoms in total. The minimum absolute atomic E-state index is 0.0594. The van der Waals surface area contributed by atoms with Crippen LogP contribution in [-0.4, -0.2) is 41.6 Å². The first-order valence-corrected chi connectivity index (χ1v) is 6.03. The molecule has 0 bridgehead atoms. The predicted octanol–water partition coefficient (Wildman–Crippen LogP) is 1.11. The van der Waals surface area contributed by atoms with Crippen molar-refractivity contribution in [2.24, 2.45) is 0 Å². The van der Waals surface area contributed by atoms with Crippen molar-refractivity contribution in [3.05, 3.63) is 18.2 Å². The highest BCUT2D eigenvalue weighted by molar-refractivity contribution is 5.84. The van der Waals surface area contributed by atoms with E-state index in [0.717, 1.165) is 11.0 Å². The second kappa shape index (κ2) is 5.17. The first-order valence-electron chi connectivity index (χ1n) is 6.03. The lowest BCUT2D eigenvalue weighted by molar-refractivity contribution is -0.128. The maximum Gasteiger partial charge on any atom is 0.223 e. The largest absolute Gasteiger partial charge is 0.494 e. The molecular weight excluding hydrogens is 244 g/mol. The van der Waals surface area contributed by atoms with Crippen LogP contribution in [0, 0.1) is 0 Å². The Bertz CT molecular complexity index is 604. The van der Waals surface area contributed by atoms with Crippen molar-refractivity contribution in [1.29, 1.82) is 0 Å². The number of carbonyl (C=O) groups is 1. The molecule has 6 heteroatoms. The molecule has 102 valence electrons. The summed E-state index contributed by atoms with van der Waals surface area (Å²) in [6.07, 6.45) is 0.389. The third kappa shape index (κ3) is 2.47. The molecule has 2 aromatic rings. The van der Waals surface area contributed by atoms with E-state index in [-0.39, 0.29) is 5.91 Å². The number of fused-ring (bicyclic) bond motifs is 1. The standard InChI is InChI=1S/C13H18N4O2/c1-16(2)11(18)7-8-17-9-5-4-6-10(19-3)12(9)15-13(17)14/h4-6H,7-8H2,1-3H3,(H2,14,15). The van der Waals surface area contributed by atoms with E-state index < -0.39 is 0 Å². The van der Waals surface area contributed by atoms with Crippen LogP contribution in [0.25, 0.3) is 11.0 Å². The van der Waals surface area contributed by atoms with Gasteiger partial charge in [-0.2, -0.15) is 0 Å². The van der Waals surface area contributed by atoms with Gasteiger partial charge in [0.15, 0.2) is 0 Å². The monoisotopic (exact) mass is 262 g/mol. The van der Waals surface area contributed by atoms with Gasteiger partial charge in [-0.05, 0) is 12.1 Å². The van der Waals surface area contributed by atoms with Crippen molar-refractivity contribution in [2.45, 2.75) is 13.0 Å². The molecule has 0 spiro atoms. The van der Waals surface area contributed by atoms with Crippen LogP contribution in [0.4, 0.5) is 5.95 Å². The van der Waals surface area contributed by atoms with Crippen molar-refractivity contribution < 1.29 is 9.53 Å². The Kier molecular flexibility index (Phi) is 3.59. The number of benzene rings is 1. The summed E-state index contributed by atoms with van der Waals surface area (Å²) >= 11 is 0. The number of ether oxygens (including phenoxy) is 1. The summed E-state index contributed by atoms with van der Waals surface area (Å²) in [4.78, 5) is 17.5. The van der Waals surface area contributed by atoms with E-state index in [1.807, 2.05) is 22.8 Å². The number of nitrogen functional groups attached to an aromatic ring is 1. The van der Waals surface area contributed by atoms with E-state index in [0.29, 0.717) is 24.7 Å². The molecule has 0 saturated carbocycles. The first kappa shape index (κ1) is 13.2. The summed E-state index contributed by atoms with van der Waals surface area (Å²) in [5.74, 6) is 1.14. The fourth-order valence-corrected chi connectivity index (χ4v) is 1.97. The van der Waals surface area contributed by atoms with E-state index >= 15 is 0 Å². The molecular formula is C13H18N4O2. The van der Waals surface area contributed by atoms with Crippen LogP contribution in [-0.2, 0) is 11.3 Å². The lowest BCUT2D eigenvalue weighted by Gasteiger charge is -2.11. The summed E-state index contributed by atoms with van der Waals surface area (Å²) in [5, 5.41) is 0. The maximum absolute atomic E-state index is 11.6. The Morgan fingerprint density at radius 3 is 2.84 bits per heavy atom. The third-order valence-corrected chi connectivity index (χ3v) is 3.04. The van der Waals surface area contributed by atoms with Crippen LogP contribution in [0.1, 0.15) is 6.42 Å². The molecule has 0 unspecified atom stereocenters. The number of hydrogen-bond donors (Lipinski definition) is 1. The molecule has 0 aliphatic rings. The van der Waals surface area contributed by atoms with Crippen molar-refractivity contribution in [1.82, 2.24) is 14.5 Å². The Hall–Kier alpha value is -2.24. The number of amides is 1. The summed E-state index contributed by atoms with van der Waals surface area (Å²) in [6.45, 7) is 0.506. The number of nitrogens with two attached hydrogens (primary N) is 1. The fraction of sp³-hybridized carbons (Fsp3) is 0.385. The van der Waals surface area contributed by atoms with Gasteiger partial charge >= 0.3 is 0 Å². The molecule has 0 fully saturated rings. The highest BCUT2D eigenvalue weighted by Crippen LogP contribution is 2.26. The zero-order valence-corrected chi connectivity index (χ0v) is 11.4. The number of para-hydroxylation sites is 1. The van der Waals surface area contributed by atoms with Gasteiger partial charge in [0.2, 0.25) is 11.9 Å². The lowest BCUT2D eigenvalue weighted by Crippen LogP contribution is -2.23. The number of imidazole rings is 1. The molecule has 0 saturated heterocycles. The van der Waals surface area contributed by atoms with E-state index in [1.54, 1.807) is 26.1 Å². The van der Waals surface area contributed by atoms with Crippen molar-refractivity contribution in [2.75, 3.05) is 26.9 Å². The van der Waals surface area contributed by atoms with Gasteiger partial charge in [0.25, 0.3) is 0 Å². The molecule has 1 aromatic carbocycles. The highest BCUT2D eigenvalue weighted by atomic mass is 16.5. The minimum atomic E-state index is 0.0594. The fourth-order valence-electron chi connectivity index (χ4n) is 1.97. The Labute approximate surface area is 111 Å². The number of nitrogens with zero attached hydrogens (tertiary/aromatic N) is 3. The van der Waals surface area contributed by atoms with E-state index in [1.165, 1.54) is 0 Å². The smallest absolute Gasteiger partial charge is 0.223 e. The van der Waals surface area contributed by atoms with Gasteiger partial charge in [-0.15, -0.1) is 0 Å². The van der Waals surface area contributed by atoms with E-state index in [2.05, 4.69) is 4.98 Å². The molecule has 19 heavy (non-hydrogen) atoms. The van der Waals surface area contributed by atoms with Gasteiger partial charge in [-0.3, -0.25) is 4.79 Å². The average molecular weight is 262 g/mol. The van der Waals surface area contributed by atoms with Gasteiger partial charge in [0.05, 0.1) is 12.6 Å². The van der Waals surface area contributed by atoms with Gasteiger partial charge in [0.1, 0.15) is 11.3 Å². The van der Waals surface area contributed by atoms with Crippen LogP contribution >= 0.6 is 0 Å². The second-order valence-electron chi connectivity index (χ2n) is 4.49. The van der Waals surface area contributed by atoms with Crippen LogP contribution < -0.4 is 10.5 Å². The Morgan fingerprint density at radius 1 is 1.47 bits per heavy atom. The van der Waals surface area contributed by atoms with Gasteiger partial charge in [-0.1, -0.05) is 6.07 Å². The third-order valence-electron chi connectivity index (χ3n) is 3.04. The molecule has 0 radical (unpaired) electrons. The molecule has 2 rings (SSSR count). The number of methoxy groups -OCH3 is 1. The maximum atomic E-state index is 11.6. The predicted molar refractivity (Wildman–Crippen MR) is 74.0 cm³/mol. The highest BCUT2D eigenvalue weighted by Gasteiger charge is 2.13. The zero-order chi connectivity index (χ0) is 14.0. The SMILES string of the molecule is COc1cccc2c1nc(N)n2CCC(=O)N(C)C. The number of carbonyl (C=O) groups excluding carboxylic acids is 1. The molecule has 0 aliphatic carbocycles. The number of hydrogen-bond acceptors (Lipinski definition) is 4. The topological polar surface area (TPSA) is 73.4 Å². The molecule has 0 atom stereocenters. The second-order valence-corrected chi connectivity index (χ2v) is 4.49. The summed E-state index contributed by atoms with van der Waals surface area (Å²) in [7, 11) is 5.07. The molecule has 1 amide bonds.